The number of amides is 1. The molecule has 1 aliphatic rings. The van der Waals surface area contributed by atoms with Gasteiger partial charge in [0.1, 0.15) is 0 Å². The van der Waals surface area contributed by atoms with Crippen molar-refractivity contribution in [3.05, 3.63) is 35.4 Å². The van der Waals surface area contributed by atoms with E-state index in [9.17, 15) is 14.7 Å². The Morgan fingerprint density at radius 3 is 2.20 bits per heavy atom. The van der Waals surface area contributed by atoms with Gasteiger partial charge in [-0.25, -0.2) is 0 Å². The van der Waals surface area contributed by atoms with Crippen LogP contribution in [0.4, 0.5) is 0 Å². The molecule has 2 rings (SSSR count). The van der Waals surface area contributed by atoms with Gasteiger partial charge in [0.2, 0.25) is 5.91 Å². The molecule has 0 spiro atoms. The van der Waals surface area contributed by atoms with Gasteiger partial charge in [-0.2, -0.15) is 0 Å². The fourth-order valence-corrected chi connectivity index (χ4v) is 3.17. The van der Waals surface area contributed by atoms with Crippen molar-refractivity contribution in [1.29, 1.82) is 0 Å². The van der Waals surface area contributed by atoms with E-state index in [0.717, 1.165) is 5.56 Å². The largest absolute Gasteiger partial charge is 0.481 e. The Hall–Kier alpha value is -1.88. The number of nitrogens with one attached hydrogen (secondary N) is 1. The van der Waals surface area contributed by atoms with E-state index in [1.54, 1.807) is 0 Å². The van der Waals surface area contributed by atoms with Crippen LogP contribution in [0.2, 0.25) is 0 Å². The van der Waals surface area contributed by atoms with Gasteiger partial charge in [0.15, 0.2) is 0 Å². The number of hydrogen-bond donors (Lipinski definition) is 2. The first-order valence-corrected chi connectivity index (χ1v) is 9.02. The number of carbonyl (C=O) groups excluding carboxylic acids is 1. The zero-order valence-corrected chi connectivity index (χ0v) is 15.4. The third-order valence-electron chi connectivity index (χ3n) is 5.19. The van der Waals surface area contributed by atoms with Crippen LogP contribution < -0.4 is 5.32 Å². The van der Waals surface area contributed by atoms with E-state index in [1.807, 2.05) is 6.92 Å². The monoisotopic (exact) mass is 347 g/mol. The Balaban J connectivity index is 1.89. The van der Waals surface area contributed by atoms with Gasteiger partial charge in [0.25, 0.3) is 0 Å². The third-order valence-corrected chi connectivity index (χ3v) is 5.19. The van der Waals surface area contributed by atoms with Gasteiger partial charge >= 0.3 is 5.97 Å². The molecule has 1 atom stereocenters. The summed E-state index contributed by atoms with van der Waals surface area (Å²) in [5.41, 5.74) is 1.51. The lowest BCUT2D eigenvalue weighted by molar-refractivity contribution is -0.154. The van der Waals surface area contributed by atoms with E-state index in [0.29, 0.717) is 38.4 Å². The average Bonchev–Trinajstić information content (AvgIpc) is 2.60. The number of carbonyl (C=O) groups is 2. The molecular formula is C20H29NO4. The second-order valence-electron chi connectivity index (χ2n) is 7.40. The van der Waals surface area contributed by atoms with Gasteiger partial charge in [-0.3, -0.25) is 9.59 Å². The summed E-state index contributed by atoms with van der Waals surface area (Å²) in [7, 11) is 0. The molecule has 1 unspecified atom stereocenters. The lowest BCUT2D eigenvalue weighted by atomic mass is 9.80. The third kappa shape index (κ3) is 5.05. The summed E-state index contributed by atoms with van der Waals surface area (Å²) >= 11 is 0. The minimum absolute atomic E-state index is 0.0941. The highest BCUT2D eigenvalue weighted by atomic mass is 16.5. The molecule has 1 saturated heterocycles. The highest BCUT2D eigenvalue weighted by Crippen LogP contribution is 2.30. The summed E-state index contributed by atoms with van der Waals surface area (Å²) in [6.45, 7) is 7.36. The van der Waals surface area contributed by atoms with Crippen molar-refractivity contribution in [3.8, 4) is 0 Å². The first-order chi connectivity index (χ1) is 11.8. The van der Waals surface area contributed by atoms with E-state index in [1.165, 1.54) is 5.56 Å². The fraction of sp³-hybridized carbons (Fsp3) is 0.600. The molecule has 0 saturated carbocycles. The minimum Gasteiger partial charge on any atom is -0.481 e. The predicted octanol–water partition coefficient (Wildman–Crippen LogP) is 3.30. The molecule has 0 aliphatic carbocycles. The average molecular weight is 347 g/mol. The second-order valence-corrected chi connectivity index (χ2v) is 7.40. The van der Waals surface area contributed by atoms with Crippen molar-refractivity contribution in [2.75, 3.05) is 19.8 Å². The highest BCUT2D eigenvalue weighted by Gasteiger charge is 2.40. The fourth-order valence-electron chi connectivity index (χ4n) is 3.17. The molecule has 5 heteroatoms. The molecule has 1 heterocycles. The number of aliphatic carboxylic acids is 1. The van der Waals surface area contributed by atoms with Gasteiger partial charge < -0.3 is 15.2 Å². The molecule has 1 amide bonds. The van der Waals surface area contributed by atoms with Crippen molar-refractivity contribution in [2.45, 2.75) is 51.9 Å². The van der Waals surface area contributed by atoms with Crippen LogP contribution in [0.1, 0.15) is 63.0 Å². The Labute approximate surface area is 149 Å². The van der Waals surface area contributed by atoms with Crippen LogP contribution in [0.25, 0.3) is 0 Å². The Morgan fingerprint density at radius 2 is 1.68 bits per heavy atom. The van der Waals surface area contributed by atoms with Gasteiger partial charge in [-0.1, -0.05) is 45.0 Å². The Bertz CT molecular complexity index is 588. The maximum Gasteiger partial charge on any atom is 0.311 e. The SMILES string of the molecule is CC(C)c1ccc(C(C)CC(=O)NCC2(C(=O)O)CCOCC2)cc1. The first kappa shape index (κ1) is 19.4. The maximum absolute atomic E-state index is 12.3. The minimum atomic E-state index is -0.893. The molecule has 25 heavy (non-hydrogen) atoms. The van der Waals surface area contributed by atoms with E-state index in [-0.39, 0.29) is 18.4 Å². The molecule has 0 radical (unpaired) electrons. The summed E-state index contributed by atoms with van der Waals surface area (Å²) < 4.78 is 5.25. The maximum atomic E-state index is 12.3. The first-order valence-electron chi connectivity index (χ1n) is 9.02. The standard InChI is InChI=1S/C20H29NO4/c1-14(2)16-4-6-17(7-5-16)15(3)12-18(22)21-13-20(19(23)24)8-10-25-11-9-20/h4-7,14-15H,8-13H2,1-3H3,(H,21,22)(H,23,24). The Morgan fingerprint density at radius 1 is 1.12 bits per heavy atom. The lowest BCUT2D eigenvalue weighted by Crippen LogP contribution is -2.46. The zero-order valence-electron chi connectivity index (χ0n) is 15.4. The van der Waals surface area contributed by atoms with E-state index in [2.05, 4.69) is 43.4 Å². The van der Waals surface area contributed by atoms with Gasteiger partial charge in [-0.05, 0) is 35.8 Å². The second kappa shape index (κ2) is 8.48. The van der Waals surface area contributed by atoms with Crippen molar-refractivity contribution in [3.63, 3.8) is 0 Å². The van der Waals surface area contributed by atoms with Crippen LogP contribution in [0.15, 0.2) is 24.3 Å². The predicted molar refractivity (Wildman–Crippen MR) is 96.7 cm³/mol. The van der Waals surface area contributed by atoms with Gasteiger partial charge in [-0.15, -0.1) is 0 Å². The molecule has 0 bridgehead atoms. The van der Waals surface area contributed by atoms with Gasteiger partial charge in [0, 0.05) is 26.2 Å². The molecule has 5 nitrogen and oxygen atoms in total. The van der Waals surface area contributed by atoms with Crippen LogP contribution in [-0.2, 0) is 14.3 Å². The van der Waals surface area contributed by atoms with Crippen molar-refractivity contribution >= 4 is 11.9 Å². The summed E-state index contributed by atoms with van der Waals surface area (Å²) in [6, 6.07) is 8.36. The molecule has 2 N–H and O–H groups in total. The van der Waals surface area contributed by atoms with Gasteiger partial charge in [0.05, 0.1) is 5.41 Å². The molecule has 1 fully saturated rings. The van der Waals surface area contributed by atoms with Crippen LogP contribution >= 0.6 is 0 Å². The molecular weight excluding hydrogens is 318 g/mol. The Kier molecular flexibility index (Phi) is 6.59. The topological polar surface area (TPSA) is 75.6 Å². The van der Waals surface area contributed by atoms with Crippen LogP contribution in [0.5, 0.6) is 0 Å². The van der Waals surface area contributed by atoms with Crippen molar-refractivity contribution in [2.24, 2.45) is 5.41 Å². The molecule has 1 aromatic carbocycles. The van der Waals surface area contributed by atoms with E-state index in [4.69, 9.17) is 4.74 Å². The van der Waals surface area contributed by atoms with Crippen molar-refractivity contribution in [1.82, 2.24) is 5.32 Å². The van der Waals surface area contributed by atoms with E-state index < -0.39 is 11.4 Å². The molecule has 0 aromatic heterocycles. The number of rotatable bonds is 7. The van der Waals surface area contributed by atoms with Crippen LogP contribution in [-0.4, -0.2) is 36.7 Å². The molecule has 1 aliphatic heterocycles. The summed E-state index contributed by atoms with van der Waals surface area (Å²) in [6.07, 6.45) is 1.23. The van der Waals surface area contributed by atoms with Crippen molar-refractivity contribution < 1.29 is 19.4 Å². The zero-order chi connectivity index (χ0) is 18.4. The number of ether oxygens (including phenoxy) is 1. The molecule has 1 aromatic rings. The van der Waals surface area contributed by atoms with Crippen LogP contribution in [0, 0.1) is 5.41 Å². The highest BCUT2D eigenvalue weighted by molar-refractivity contribution is 5.79. The van der Waals surface area contributed by atoms with Crippen LogP contribution in [0.3, 0.4) is 0 Å². The number of carboxylic acids is 1. The summed E-state index contributed by atoms with van der Waals surface area (Å²) in [5.74, 6) is -0.378. The quantitative estimate of drug-likeness (QED) is 0.793. The lowest BCUT2D eigenvalue weighted by Gasteiger charge is -2.33. The number of carboxylic acid groups (broad SMARTS) is 1. The summed E-state index contributed by atoms with van der Waals surface area (Å²) in [5, 5.41) is 12.4. The van der Waals surface area contributed by atoms with E-state index >= 15 is 0 Å². The summed E-state index contributed by atoms with van der Waals surface area (Å²) in [4.78, 5) is 23.9. The number of hydrogen-bond acceptors (Lipinski definition) is 3. The molecule has 138 valence electrons. The normalized spacial score (nSPS) is 17.9. The number of benzene rings is 1. The smallest absolute Gasteiger partial charge is 0.311 e.